The SMILES string of the molecule is COCCCn1c(C)c(C(N)=O)c(C)c1-c1ccccc1. The lowest BCUT2D eigenvalue weighted by Crippen LogP contribution is -2.13. The molecule has 1 amide bonds. The molecule has 2 rings (SSSR count). The van der Waals surface area contributed by atoms with Crippen LogP contribution in [0, 0.1) is 13.8 Å². The molecule has 0 aliphatic heterocycles. The molecule has 0 atom stereocenters. The van der Waals surface area contributed by atoms with Crippen LogP contribution in [0.2, 0.25) is 0 Å². The van der Waals surface area contributed by atoms with Crippen LogP contribution in [0.1, 0.15) is 28.0 Å². The van der Waals surface area contributed by atoms with Crippen LogP contribution in [-0.2, 0) is 11.3 Å². The van der Waals surface area contributed by atoms with Gasteiger partial charge < -0.3 is 15.0 Å². The normalized spacial score (nSPS) is 10.8. The first-order valence-corrected chi connectivity index (χ1v) is 7.11. The summed E-state index contributed by atoms with van der Waals surface area (Å²) in [5, 5.41) is 0. The van der Waals surface area contributed by atoms with Crippen molar-refractivity contribution in [2.75, 3.05) is 13.7 Å². The number of carbonyl (C=O) groups excluding carboxylic acids is 1. The van der Waals surface area contributed by atoms with E-state index in [1.54, 1.807) is 7.11 Å². The lowest BCUT2D eigenvalue weighted by Gasteiger charge is -2.12. The second kappa shape index (κ2) is 6.59. The molecule has 0 saturated heterocycles. The third-order valence-corrected chi connectivity index (χ3v) is 3.79. The van der Waals surface area contributed by atoms with Crippen molar-refractivity contribution in [2.45, 2.75) is 26.8 Å². The number of carbonyl (C=O) groups is 1. The Morgan fingerprint density at radius 2 is 1.90 bits per heavy atom. The number of hydrogen-bond acceptors (Lipinski definition) is 2. The van der Waals surface area contributed by atoms with Crippen LogP contribution >= 0.6 is 0 Å². The van der Waals surface area contributed by atoms with Crippen molar-refractivity contribution in [3.05, 3.63) is 47.2 Å². The molecule has 4 heteroatoms. The Hall–Kier alpha value is -2.07. The second-order valence-corrected chi connectivity index (χ2v) is 5.16. The van der Waals surface area contributed by atoms with Gasteiger partial charge in [-0.25, -0.2) is 0 Å². The van der Waals surface area contributed by atoms with E-state index in [2.05, 4.69) is 16.7 Å². The molecule has 21 heavy (non-hydrogen) atoms. The molecule has 0 spiro atoms. The fourth-order valence-electron chi connectivity index (χ4n) is 2.87. The van der Waals surface area contributed by atoms with E-state index in [4.69, 9.17) is 10.5 Å². The summed E-state index contributed by atoms with van der Waals surface area (Å²) in [6.45, 7) is 5.41. The van der Waals surface area contributed by atoms with Gasteiger partial charge >= 0.3 is 0 Å². The molecule has 1 aromatic heterocycles. The minimum absolute atomic E-state index is 0.368. The highest BCUT2D eigenvalue weighted by molar-refractivity contribution is 5.97. The highest BCUT2D eigenvalue weighted by Gasteiger charge is 2.21. The fraction of sp³-hybridized carbons (Fsp3) is 0.353. The van der Waals surface area contributed by atoms with Gasteiger partial charge in [-0.3, -0.25) is 4.79 Å². The van der Waals surface area contributed by atoms with Crippen LogP contribution in [0.15, 0.2) is 30.3 Å². The smallest absolute Gasteiger partial charge is 0.250 e. The van der Waals surface area contributed by atoms with Gasteiger partial charge in [-0.1, -0.05) is 30.3 Å². The van der Waals surface area contributed by atoms with Crippen molar-refractivity contribution in [3.8, 4) is 11.3 Å². The molecule has 0 aliphatic carbocycles. The van der Waals surface area contributed by atoms with Crippen molar-refractivity contribution >= 4 is 5.91 Å². The molecular weight excluding hydrogens is 264 g/mol. The summed E-state index contributed by atoms with van der Waals surface area (Å²) >= 11 is 0. The maximum absolute atomic E-state index is 11.8. The fourth-order valence-corrected chi connectivity index (χ4v) is 2.87. The van der Waals surface area contributed by atoms with Gasteiger partial charge in [0.15, 0.2) is 0 Å². The standard InChI is InChI=1S/C17H22N2O2/c1-12-15(17(18)20)13(2)19(10-7-11-21-3)16(12)14-8-5-4-6-9-14/h4-6,8-9H,7,10-11H2,1-3H3,(H2,18,20). The highest BCUT2D eigenvalue weighted by atomic mass is 16.5. The quantitative estimate of drug-likeness (QED) is 0.830. The molecule has 2 aromatic rings. The van der Waals surface area contributed by atoms with Crippen LogP contribution < -0.4 is 5.73 Å². The van der Waals surface area contributed by atoms with E-state index < -0.39 is 0 Å². The molecule has 1 heterocycles. The van der Waals surface area contributed by atoms with Crippen molar-refractivity contribution in [3.63, 3.8) is 0 Å². The number of hydrogen-bond donors (Lipinski definition) is 1. The zero-order valence-corrected chi connectivity index (χ0v) is 12.8. The molecule has 0 unspecified atom stereocenters. The summed E-state index contributed by atoms with van der Waals surface area (Å²) in [7, 11) is 1.70. The van der Waals surface area contributed by atoms with E-state index >= 15 is 0 Å². The van der Waals surface area contributed by atoms with Gasteiger partial charge in [0.05, 0.1) is 11.3 Å². The number of primary amides is 1. The van der Waals surface area contributed by atoms with Crippen molar-refractivity contribution in [2.24, 2.45) is 5.73 Å². The summed E-state index contributed by atoms with van der Waals surface area (Å²) in [5.74, 6) is -0.368. The monoisotopic (exact) mass is 286 g/mol. The molecular formula is C17H22N2O2. The summed E-state index contributed by atoms with van der Waals surface area (Å²) in [4.78, 5) is 11.8. The lowest BCUT2D eigenvalue weighted by atomic mass is 10.1. The predicted octanol–water partition coefficient (Wildman–Crippen LogP) is 2.91. The Balaban J connectivity index is 2.55. The van der Waals surface area contributed by atoms with Gasteiger partial charge in [0, 0.05) is 26.0 Å². The number of methoxy groups -OCH3 is 1. The third-order valence-electron chi connectivity index (χ3n) is 3.79. The van der Waals surface area contributed by atoms with Crippen LogP contribution in [-0.4, -0.2) is 24.2 Å². The number of aromatic nitrogens is 1. The van der Waals surface area contributed by atoms with E-state index in [0.717, 1.165) is 35.5 Å². The molecule has 1 aromatic carbocycles. The van der Waals surface area contributed by atoms with Crippen molar-refractivity contribution in [1.82, 2.24) is 4.57 Å². The van der Waals surface area contributed by atoms with Gasteiger partial charge in [0.2, 0.25) is 0 Å². The maximum Gasteiger partial charge on any atom is 0.250 e. The summed E-state index contributed by atoms with van der Waals surface area (Å²) in [6, 6.07) is 10.1. The van der Waals surface area contributed by atoms with Crippen LogP contribution in [0.25, 0.3) is 11.3 Å². The van der Waals surface area contributed by atoms with Gasteiger partial charge in [-0.05, 0) is 31.4 Å². The molecule has 4 nitrogen and oxygen atoms in total. The summed E-state index contributed by atoms with van der Waals surface area (Å²) in [5.41, 5.74) is 10.2. The molecule has 2 N–H and O–H groups in total. The molecule has 0 bridgehead atoms. The van der Waals surface area contributed by atoms with Gasteiger partial charge in [0.1, 0.15) is 0 Å². The zero-order chi connectivity index (χ0) is 15.4. The highest BCUT2D eigenvalue weighted by Crippen LogP contribution is 2.31. The molecule has 0 aliphatic rings. The van der Waals surface area contributed by atoms with Gasteiger partial charge in [-0.15, -0.1) is 0 Å². The average Bonchev–Trinajstić information content (AvgIpc) is 2.71. The van der Waals surface area contributed by atoms with E-state index in [0.29, 0.717) is 12.2 Å². The maximum atomic E-state index is 11.8. The van der Waals surface area contributed by atoms with Crippen molar-refractivity contribution in [1.29, 1.82) is 0 Å². The Morgan fingerprint density at radius 1 is 1.24 bits per heavy atom. The van der Waals surface area contributed by atoms with Gasteiger partial charge in [0.25, 0.3) is 5.91 Å². The Kier molecular flexibility index (Phi) is 4.81. The number of nitrogens with two attached hydrogens (primary N) is 1. The van der Waals surface area contributed by atoms with Crippen LogP contribution in [0.3, 0.4) is 0 Å². The third kappa shape index (κ3) is 3.00. The first-order valence-electron chi connectivity index (χ1n) is 7.11. The molecule has 0 radical (unpaired) electrons. The summed E-state index contributed by atoms with van der Waals surface area (Å²) < 4.78 is 7.30. The van der Waals surface area contributed by atoms with Crippen molar-refractivity contribution < 1.29 is 9.53 Å². The number of ether oxygens (including phenoxy) is 1. The summed E-state index contributed by atoms with van der Waals surface area (Å²) in [6.07, 6.45) is 0.892. The topological polar surface area (TPSA) is 57.2 Å². The van der Waals surface area contributed by atoms with Crippen LogP contribution in [0.5, 0.6) is 0 Å². The first-order chi connectivity index (χ1) is 10.1. The molecule has 0 fully saturated rings. The second-order valence-electron chi connectivity index (χ2n) is 5.16. The lowest BCUT2D eigenvalue weighted by molar-refractivity contribution is 0.0999. The Morgan fingerprint density at radius 3 is 2.48 bits per heavy atom. The number of amides is 1. The predicted molar refractivity (Wildman–Crippen MR) is 84.4 cm³/mol. The number of nitrogens with zero attached hydrogens (tertiary/aromatic N) is 1. The van der Waals surface area contributed by atoms with Crippen LogP contribution in [0.4, 0.5) is 0 Å². The zero-order valence-electron chi connectivity index (χ0n) is 12.8. The average molecular weight is 286 g/mol. The molecule has 112 valence electrons. The van der Waals surface area contributed by atoms with E-state index in [-0.39, 0.29) is 5.91 Å². The minimum atomic E-state index is -0.368. The number of rotatable bonds is 6. The van der Waals surface area contributed by atoms with E-state index in [1.807, 2.05) is 32.0 Å². The number of benzene rings is 1. The Bertz CT molecular complexity index is 630. The minimum Gasteiger partial charge on any atom is -0.385 e. The van der Waals surface area contributed by atoms with E-state index in [9.17, 15) is 4.79 Å². The first kappa shape index (κ1) is 15.3. The van der Waals surface area contributed by atoms with E-state index in [1.165, 1.54) is 0 Å². The van der Waals surface area contributed by atoms with Gasteiger partial charge in [-0.2, -0.15) is 0 Å². The Labute approximate surface area is 125 Å². The molecule has 0 saturated carbocycles. The largest absolute Gasteiger partial charge is 0.385 e.